The number of halogens is 2. The Morgan fingerprint density at radius 2 is 2.00 bits per heavy atom. The van der Waals surface area contributed by atoms with Crippen molar-refractivity contribution in [3.63, 3.8) is 0 Å². The van der Waals surface area contributed by atoms with Crippen LogP contribution in [0, 0.1) is 21.7 Å². The van der Waals surface area contributed by atoms with Gasteiger partial charge in [-0.15, -0.1) is 0 Å². The summed E-state index contributed by atoms with van der Waals surface area (Å²) >= 11 is 1.02. The number of carbonyl (C=O) groups is 1. The van der Waals surface area contributed by atoms with Crippen LogP contribution in [0.3, 0.4) is 0 Å². The molecule has 0 bridgehead atoms. The highest BCUT2D eigenvalue weighted by atomic mass is 32.1. The number of amides is 1. The molecular formula is C18H13F2N3O3S. The zero-order chi connectivity index (χ0) is 19.6. The van der Waals surface area contributed by atoms with Crippen LogP contribution >= 0.6 is 11.3 Å². The maximum atomic E-state index is 14.1. The lowest BCUT2D eigenvalue weighted by Gasteiger charge is -2.01. The molecule has 0 aliphatic heterocycles. The lowest BCUT2D eigenvalue weighted by molar-refractivity contribution is -0.384. The Morgan fingerprint density at radius 1 is 1.30 bits per heavy atom. The molecule has 0 saturated carbocycles. The Kier molecular flexibility index (Phi) is 5.22. The number of non-ortho nitro benzene ring substituents is 1. The number of nitro groups is 1. The highest BCUT2D eigenvalue weighted by Crippen LogP contribution is 2.22. The van der Waals surface area contributed by atoms with Crippen molar-refractivity contribution in [1.29, 1.82) is 0 Å². The van der Waals surface area contributed by atoms with Gasteiger partial charge >= 0.3 is 0 Å². The van der Waals surface area contributed by atoms with Crippen molar-refractivity contribution in [1.82, 2.24) is 4.57 Å². The number of benzene rings is 2. The highest BCUT2D eigenvalue weighted by molar-refractivity contribution is 7.16. The van der Waals surface area contributed by atoms with Gasteiger partial charge in [-0.25, -0.2) is 8.78 Å². The number of fused-ring (bicyclic) bond motifs is 1. The molecule has 2 aromatic carbocycles. The van der Waals surface area contributed by atoms with Gasteiger partial charge in [0, 0.05) is 30.8 Å². The number of carbonyl (C=O) groups excluding carboxylic acids is 1. The third kappa shape index (κ3) is 3.98. The molecule has 0 spiro atoms. The van der Waals surface area contributed by atoms with Gasteiger partial charge < -0.3 is 4.57 Å². The van der Waals surface area contributed by atoms with Crippen molar-refractivity contribution >= 4 is 39.2 Å². The van der Waals surface area contributed by atoms with E-state index in [0.29, 0.717) is 16.8 Å². The molecule has 0 fully saturated rings. The van der Waals surface area contributed by atoms with E-state index in [1.807, 2.05) is 0 Å². The Balaban J connectivity index is 1.93. The summed E-state index contributed by atoms with van der Waals surface area (Å²) in [5.74, 6) is -1.98. The van der Waals surface area contributed by atoms with E-state index in [0.717, 1.165) is 17.4 Å². The first-order valence-electron chi connectivity index (χ1n) is 7.88. The molecule has 1 aromatic heterocycles. The number of hydrogen-bond acceptors (Lipinski definition) is 4. The first kappa shape index (κ1) is 18.6. The van der Waals surface area contributed by atoms with Crippen molar-refractivity contribution < 1.29 is 18.5 Å². The second-order valence-corrected chi connectivity index (χ2v) is 6.50. The van der Waals surface area contributed by atoms with E-state index in [1.165, 1.54) is 47.1 Å². The molecule has 9 heteroatoms. The number of nitro benzene ring substituents is 1. The second kappa shape index (κ2) is 7.58. The summed E-state index contributed by atoms with van der Waals surface area (Å²) < 4.78 is 29.3. The van der Waals surface area contributed by atoms with Gasteiger partial charge in [-0.1, -0.05) is 11.3 Å². The van der Waals surface area contributed by atoms with Crippen LogP contribution in [0.5, 0.6) is 0 Å². The first-order chi connectivity index (χ1) is 12.9. The van der Waals surface area contributed by atoms with Crippen LogP contribution < -0.4 is 4.80 Å². The number of rotatable bonds is 4. The second-order valence-electron chi connectivity index (χ2n) is 5.50. The SMILES string of the molecule is CCn1c(=NC(=O)C=Cc2ccc([N+](=O)[O-])cc2)sc2cc(F)cc(F)c21. The third-order valence-corrected chi connectivity index (χ3v) is 4.76. The number of hydrogen-bond donors (Lipinski definition) is 0. The fourth-order valence-electron chi connectivity index (χ4n) is 2.51. The smallest absolute Gasteiger partial charge is 0.272 e. The standard InChI is InChI=1S/C18H13F2N3O3S/c1-2-22-17-14(20)9-12(19)10-15(17)27-18(22)21-16(24)8-5-11-3-6-13(7-4-11)23(25)26/h3-10H,2H2,1H3. The van der Waals surface area contributed by atoms with E-state index >= 15 is 0 Å². The number of thiazole rings is 1. The molecule has 0 aliphatic rings. The van der Waals surface area contributed by atoms with Gasteiger partial charge in [0.05, 0.1) is 15.1 Å². The van der Waals surface area contributed by atoms with E-state index in [4.69, 9.17) is 0 Å². The minimum absolute atomic E-state index is 0.0494. The highest BCUT2D eigenvalue weighted by Gasteiger charge is 2.12. The number of nitrogens with zero attached hydrogens (tertiary/aromatic N) is 3. The van der Waals surface area contributed by atoms with Crippen LogP contribution in [-0.2, 0) is 11.3 Å². The fraction of sp³-hybridized carbons (Fsp3) is 0.111. The van der Waals surface area contributed by atoms with Crippen LogP contribution in [-0.4, -0.2) is 15.4 Å². The van der Waals surface area contributed by atoms with E-state index < -0.39 is 22.5 Å². The van der Waals surface area contributed by atoms with Gasteiger partial charge in [-0.05, 0) is 36.8 Å². The number of aromatic nitrogens is 1. The van der Waals surface area contributed by atoms with Gasteiger partial charge in [-0.3, -0.25) is 14.9 Å². The molecule has 0 aliphatic carbocycles. The minimum atomic E-state index is -0.710. The van der Waals surface area contributed by atoms with Gasteiger partial charge in [0.1, 0.15) is 5.82 Å². The minimum Gasteiger partial charge on any atom is -0.314 e. The van der Waals surface area contributed by atoms with Crippen LogP contribution in [0.4, 0.5) is 14.5 Å². The van der Waals surface area contributed by atoms with Crippen LogP contribution in [0.2, 0.25) is 0 Å². The summed E-state index contributed by atoms with van der Waals surface area (Å²) in [7, 11) is 0. The average Bonchev–Trinajstić information content (AvgIpc) is 2.97. The molecule has 1 heterocycles. The Morgan fingerprint density at radius 3 is 2.63 bits per heavy atom. The maximum Gasteiger partial charge on any atom is 0.272 e. The summed E-state index contributed by atoms with van der Waals surface area (Å²) in [5.41, 5.74) is 0.749. The predicted octanol–water partition coefficient (Wildman–Crippen LogP) is 4.05. The molecule has 138 valence electrons. The lowest BCUT2D eigenvalue weighted by Crippen LogP contribution is -2.15. The molecule has 0 unspecified atom stereocenters. The van der Waals surface area contributed by atoms with E-state index in [1.54, 1.807) is 6.92 Å². The topological polar surface area (TPSA) is 77.5 Å². The normalized spacial score (nSPS) is 12.2. The molecule has 0 atom stereocenters. The van der Waals surface area contributed by atoms with Crippen LogP contribution in [0.1, 0.15) is 12.5 Å². The van der Waals surface area contributed by atoms with Crippen molar-refractivity contribution in [3.05, 3.63) is 74.6 Å². The summed E-state index contributed by atoms with van der Waals surface area (Å²) in [5, 5.41) is 10.6. The Labute approximate surface area is 155 Å². The van der Waals surface area contributed by atoms with E-state index in [2.05, 4.69) is 4.99 Å². The first-order valence-corrected chi connectivity index (χ1v) is 8.70. The van der Waals surface area contributed by atoms with E-state index in [9.17, 15) is 23.7 Å². The van der Waals surface area contributed by atoms with Gasteiger partial charge in [-0.2, -0.15) is 4.99 Å². The Bertz CT molecular complexity index is 1130. The summed E-state index contributed by atoms with van der Waals surface area (Å²) in [6, 6.07) is 7.66. The molecule has 0 N–H and O–H groups in total. The third-order valence-electron chi connectivity index (χ3n) is 3.74. The molecule has 0 radical (unpaired) electrons. The summed E-state index contributed by atoms with van der Waals surface area (Å²) in [6.45, 7) is 2.13. The fourth-order valence-corrected chi connectivity index (χ4v) is 3.65. The zero-order valence-corrected chi connectivity index (χ0v) is 14.9. The molecular weight excluding hydrogens is 376 g/mol. The van der Waals surface area contributed by atoms with Crippen molar-refractivity contribution in [2.45, 2.75) is 13.5 Å². The quantitative estimate of drug-likeness (QED) is 0.384. The molecule has 3 rings (SSSR count). The summed E-state index contributed by atoms with van der Waals surface area (Å²) in [6.07, 6.45) is 2.68. The van der Waals surface area contributed by atoms with Crippen molar-refractivity contribution in [2.75, 3.05) is 0 Å². The monoisotopic (exact) mass is 389 g/mol. The van der Waals surface area contributed by atoms with Gasteiger partial charge in [0.2, 0.25) is 0 Å². The molecule has 1 amide bonds. The van der Waals surface area contributed by atoms with Crippen LogP contribution in [0.15, 0.2) is 47.5 Å². The molecule has 3 aromatic rings. The molecule has 27 heavy (non-hydrogen) atoms. The van der Waals surface area contributed by atoms with Crippen LogP contribution in [0.25, 0.3) is 16.3 Å². The molecule has 0 saturated heterocycles. The van der Waals surface area contributed by atoms with Crippen molar-refractivity contribution in [2.24, 2.45) is 4.99 Å². The number of aryl methyl sites for hydroxylation is 1. The summed E-state index contributed by atoms with van der Waals surface area (Å²) in [4.78, 5) is 26.5. The van der Waals surface area contributed by atoms with Gasteiger partial charge in [0.15, 0.2) is 10.6 Å². The zero-order valence-electron chi connectivity index (χ0n) is 14.1. The van der Waals surface area contributed by atoms with Crippen molar-refractivity contribution in [3.8, 4) is 0 Å². The predicted molar refractivity (Wildman–Crippen MR) is 98.1 cm³/mol. The van der Waals surface area contributed by atoms with E-state index in [-0.39, 0.29) is 16.0 Å². The lowest BCUT2D eigenvalue weighted by atomic mass is 10.2. The largest absolute Gasteiger partial charge is 0.314 e. The molecule has 6 nitrogen and oxygen atoms in total. The Hall–Kier alpha value is -3.20. The average molecular weight is 389 g/mol. The maximum absolute atomic E-state index is 14.1. The van der Waals surface area contributed by atoms with Gasteiger partial charge in [0.25, 0.3) is 11.6 Å².